The highest BCUT2D eigenvalue weighted by Crippen LogP contribution is 2.35. The Balaban J connectivity index is 1.60. The molecule has 3 aromatic carbocycles. The molecule has 0 aliphatic heterocycles. The van der Waals surface area contributed by atoms with Gasteiger partial charge in [0.2, 0.25) is 5.91 Å². The average molecular weight is 666 g/mol. The van der Waals surface area contributed by atoms with E-state index in [9.17, 15) is 22.8 Å². The van der Waals surface area contributed by atoms with Crippen LogP contribution in [0.4, 0.5) is 5.69 Å². The van der Waals surface area contributed by atoms with E-state index in [-0.39, 0.29) is 51.6 Å². The summed E-state index contributed by atoms with van der Waals surface area (Å²) in [6.45, 7) is -0.196. The lowest BCUT2D eigenvalue weighted by Crippen LogP contribution is -2.46. The first-order chi connectivity index (χ1) is 20.9. The first-order valence-electron chi connectivity index (χ1n) is 12.9. The standard InChI is InChI=1S/C28H30Cl2N6O7S/c1-42-27(39)22(6-4-14-33-28(31)32)35-25(37)16-34-26(38)17-8-11-19(12-9-17)44(40,41)36-21-5-2-3-7-24(21)43-23-13-10-18(29)15-20(23)30/h2-3,5,7-13,15,22,36H,4,6,14,16H2,1H3,(H,34,38)(H,35,37)(H4,31,32,33)/t22-/m0/s1. The normalized spacial score (nSPS) is 11.5. The highest BCUT2D eigenvalue weighted by molar-refractivity contribution is 7.92. The summed E-state index contributed by atoms with van der Waals surface area (Å²) in [5.74, 6) is -1.57. The molecule has 16 heteroatoms. The molecule has 7 N–H and O–H groups in total. The number of esters is 1. The number of aliphatic imine (C=N–C) groups is 1. The van der Waals surface area contributed by atoms with Crippen LogP contribution in [-0.4, -0.2) is 58.4 Å². The molecule has 2 amide bonds. The van der Waals surface area contributed by atoms with Crippen LogP contribution in [-0.2, 0) is 24.3 Å². The van der Waals surface area contributed by atoms with Crippen molar-refractivity contribution in [3.8, 4) is 11.5 Å². The van der Waals surface area contributed by atoms with Gasteiger partial charge in [-0.15, -0.1) is 0 Å². The Bertz CT molecular complexity index is 1630. The Morgan fingerprint density at radius 3 is 2.34 bits per heavy atom. The minimum Gasteiger partial charge on any atom is -0.467 e. The average Bonchev–Trinajstić information content (AvgIpc) is 2.99. The van der Waals surface area contributed by atoms with Gasteiger partial charge in [0.1, 0.15) is 11.8 Å². The van der Waals surface area contributed by atoms with Crippen molar-refractivity contribution in [3.63, 3.8) is 0 Å². The molecule has 3 rings (SSSR count). The maximum Gasteiger partial charge on any atom is 0.328 e. The molecule has 0 aliphatic rings. The number of ether oxygens (including phenoxy) is 2. The summed E-state index contributed by atoms with van der Waals surface area (Å²) < 4.78 is 39.2. The minimum atomic E-state index is -4.10. The lowest BCUT2D eigenvalue weighted by Gasteiger charge is -2.16. The number of halogens is 2. The third kappa shape index (κ3) is 10.0. The maximum absolute atomic E-state index is 13.1. The summed E-state index contributed by atoms with van der Waals surface area (Å²) in [5, 5.41) is 5.56. The van der Waals surface area contributed by atoms with Gasteiger partial charge in [-0.05, 0) is 67.4 Å². The zero-order valence-corrected chi connectivity index (χ0v) is 25.7. The van der Waals surface area contributed by atoms with E-state index in [0.717, 1.165) is 0 Å². The van der Waals surface area contributed by atoms with Crippen molar-refractivity contribution in [1.82, 2.24) is 10.6 Å². The minimum absolute atomic E-state index is 0.0933. The smallest absolute Gasteiger partial charge is 0.328 e. The van der Waals surface area contributed by atoms with Crippen LogP contribution in [0.1, 0.15) is 23.2 Å². The van der Waals surface area contributed by atoms with Gasteiger partial charge in [-0.1, -0.05) is 35.3 Å². The molecule has 0 saturated carbocycles. The molecule has 234 valence electrons. The summed E-state index contributed by atoms with van der Waals surface area (Å²) in [6.07, 6.45) is 0.600. The van der Waals surface area contributed by atoms with Crippen molar-refractivity contribution in [1.29, 1.82) is 0 Å². The Labute approximate surface area is 263 Å². The summed E-state index contributed by atoms with van der Waals surface area (Å²) in [4.78, 5) is 40.7. The van der Waals surface area contributed by atoms with E-state index >= 15 is 0 Å². The molecule has 0 saturated heterocycles. The Kier molecular flexibility index (Phi) is 12.2. The van der Waals surface area contributed by atoms with Crippen molar-refractivity contribution >= 4 is 62.7 Å². The van der Waals surface area contributed by atoms with Crippen LogP contribution < -0.4 is 31.6 Å². The fraction of sp³-hybridized carbons (Fsp3) is 0.214. The highest BCUT2D eigenvalue weighted by Gasteiger charge is 2.22. The number of nitrogens with two attached hydrogens (primary N) is 2. The van der Waals surface area contributed by atoms with Gasteiger partial charge < -0.3 is 31.6 Å². The second kappa shape index (κ2) is 15.8. The van der Waals surface area contributed by atoms with Gasteiger partial charge in [0, 0.05) is 17.1 Å². The number of methoxy groups -OCH3 is 1. The number of nitrogens with zero attached hydrogens (tertiary/aromatic N) is 1. The Morgan fingerprint density at radius 1 is 0.977 bits per heavy atom. The van der Waals surface area contributed by atoms with Crippen LogP contribution in [0.15, 0.2) is 76.6 Å². The summed E-state index contributed by atoms with van der Waals surface area (Å²) in [5.41, 5.74) is 10.8. The molecule has 1 atom stereocenters. The van der Waals surface area contributed by atoms with E-state index in [1.54, 1.807) is 30.3 Å². The van der Waals surface area contributed by atoms with Gasteiger partial charge >= 0.3 is 5.97 Å². The number of para-hydroxylation sites is 2. The lowest BCUT2D eigenvalue weighted by atomic mass is 10.1. The first kappa shape index (κ1) is 34.0. The number of nitrogens with one attached hydrogen (secondary N) is 3. The van der Waals surface area contributed by atoms with Crippen LogP contribution in [0.2, 0.25) is 10.0 Å². The number of rotatable bonds is 14. The number of amides is 2. The fourth-order valence-electron chi connectivity index (χ4n) is 3.71. The lowest BCUT2D eigenvalue weighted by molar-refractivity contribution is -0.145. The van der Waals surface area contributed by atoms with Crippen molar-refractivity contribution < 1.29 is 32.3 Å². The first-order valence-corrected chi connectivity index (χ1v) is 15.2. The van der Waals surface area contributed by atoms with Crippen molar-refractivity contribution in [2.75, 3.05) is 24.9 Å². The van der Waals surface area contributed by atoms with Gasteiger partial charge in [-0.2, -0.15) is 0 Å². The van der Waals surface area contributed by atoms with Crippen molar-refractivity contribution in [3.05, 3.63) is 82.3 Å². The fourth-order valence-corrected chi connectivity index (χ4v) is 5.23. The second-order valence-corrected chi connectivity index (χ2v) is 11.6. The number of sulfonamides is 1. The molecule has 3 aromatic rings. The molecule has 0 spiro atoms. The van der Waals surface area contributed by atoms with E-state index < -0.39 is 40.4 Å². The number of carbonyl (C=O) groups excluding carboxylic acids is 3. The molecule has 0 aromatic heterocycles. The van der Waals surface area contributed by atoms with Crippen LogP contribution in [0.5, 0.6) is 11.5 Å². The summed E-state index contributed by atoms with van der Waals surface area (Å²) in [7, 11) is -2.91. The van der Waals surface area contributed by atoms with Gasteiger partial charge in [0.15, 0.2) is 11.7 Å². The molecule has 0 radical (unpaired) electrons. The van der Waals surface area contributed by atoms with E-state index in [1.807, 2.05) is 0 Å². The predicted molar refractivity (Wildman–Crippen MR) is 166 cm³/mol. The van der Waals surface area contributed by atoms with Crippen LogP contribution >= 0.6 is 23.2 Å². The third-order valence-corrected chi connectivity index (χ3v) is 7.76. The SMILES string of the molecule is COC(=O)[C@H](CCCN=C(N)N)NC(=O)CNC(=O)c1ccc(S(=O)(=O)Nc2ccccc2Oc2ccc(Cl)cc2Cl)cc1. The topological polar surface area (TPSA) is 204 Å². The number of hydrogen-bond donors (Lipinski definition) is 5. The number of carbonyl (C=O) groups is 3. The molecular weight excluding hydrogens is 635 g/mol. The molecule has 0 unspecified atom stereocenters. The van der Waals surface area contributed by atoms with Gasteiger partial charge in [-0.25, -0.2) is 13.2 Å². The predicted octanol–water partition coefficient (Wildman–Crippen LogP) is 3.03. The van der Waals surface area contributed by atoms with Crippen LogP contribution in [0, 0.1) is 0 Å². The van der Waals surface area contributed by atoms with E-state index in [4.69, 9.17) is 44.1 Å². The number of benzene rings is 3. The Morgan fingerprint density at radius 2 is 1.68 bits per heavy atom. The quantitative estimate of drug-likeness (QED) is 0.0742. The van der Waals surface area contributed by atoms with E-state index in [0.29, 0.717) is 11.4 Å². The number of anilines is 1. The van der Waals surface area contributed by atoms with Gasteiger partial charge in [-0.3, -0.25) is 19.3 Å². The second-order valence-electron chi connectivity index (χ2n) is 9.08. The molecule has 0 aliphatic carbocycles. The molecule has 44 heavy (non-hydrogen) atoms. The van der Waals surface area contributed by atoms with Gasteiger partial charge in [0.25, 0.3) is 15.9 Å². The monoisotopic (exact) mass is 664 g/mol. The molecule has 13 nitrogen and oxygen atoms in total. The Hall–Kier alpha value is -4.53. The van der Waals surface area contributed by atoms with Crippen molar-refractivity contribution in [2.45, 2.75) is 23.8 Å². The third-order valence-electron chi connectivity index (χ3n) is 5.85. The molecule has 0 fully saturated rings. The summed E-state index contributed by atoms with van der Waals surface area (Å²) in [6, 6.07) is 15.1. The maximum atomic E-state index is 13.1. The number of guanidine groups is 1. The highest BCUT2D eigenvalue weighted by atomic mass is 35.5. The van der Waals surface area contributed by atoms with Gasteiger partial charge in [0.05, 0.1) is 29.3 Å². The zero-order valence-electron chi connectivity index (χ0n) is 23.4. The van der Waals surface area contributed by atoms with Crippen molar-refractivity contribution in [2.24, 2.45) is 16.5 Å². The molecular formula is C28H30Cl2N6O7S. The summed E-state index contributed by atoms with van der Waals surface area (Å²) >= 11 is 12.1. The number of hydrogen-bond acceptors (Lipinski definition) is 8. The largest absolute Gasteiger partial charge is 0.467 e. The molecule has 0 bridgehead atoms. The van der Waals surface area contributed by atoms with Crippen LogP contribution in [0.3, 0.4) is 0 Å². The zero-order chi connectivity index (χ0) is 32.3. The van der Waals surface area contributed by atoms with E-state index in [1.165, 1.54) is 43.5 Å². The van der Waals surface area contributed by atoms with E-state index in [2.05, 4.69) is 20.3 Å². The molecule has 0 heterocycles. The van der Waals surface area contributed by atoms with Crippen LogP contribution in [0.25, 0.3) is 0 Å².